The van der Waals surface area contributed by atoms with E-state index in [0.717, 1.165) is 20.9 Å². The van der Waals surface area contributed by atoms with Gasteiger partial charge in [0.25, 0.3) is 0 Å². The second kappa shape index (κ2) is 7.70. The molecule has 2 aromatic carbocycles. The van der Waals surface area contributed by atoms with Crippen molar-refractivity contribution in [2.75, 3.05) is 7.11 Å². The lowest BCUT2D eigenvalue weighted by molar-refractivity contribution is -0.136. The van der Waals surface area contributed by atoms with Gasteiger partial charge in [-0.1, -0.05) is 23.9 Å². The van der Waals surface area contributed by atoms with E-state index < -0.39 is 5.97 Å². The standard InChI is InChI=1S/C18H17NO3S/c1-12(11-19)13-3-6-16(7-4-13)23-17-8-5-15(22-2)9-14(17)10-18(20)21/h3-9,12H,10H2,1-2H3,(H,20,21). The molecular weight excluding hydrogens is 310 g/mol. The molecule has 0 radical (unpaired) electrons. The molecule has 0 spiro atoms. The number of nitrogens with zero attached hydrogens (tertiary/aromatic N) is 1. The largest absolute Gasteiger partial charge is 0.497 e. The van der Waals surface area contributed by atoms with Crippen molar-refractivity contribution in [2.24, 2.45) is 0 Å². The first-order valence-electron chi connectivity index (χ1n) is 7.09. The summed E-state index contributed by atoms with van der Waals surface area (Å²) in [6, 6.07) is 15.4. The van der Waals surface area contributed by atoms with Crippen LogP contribution >= 0.6 is 11.8 Å². The summed E-state index contributed by atoms with van der Waals surface area (Å²) in [5.74, 6) is -0.375. The second-order valence-electron chi connectivity index (χ2n) is 5.07. The quantitative estimate of drug-likeness (QED) is 0.865. The number of carbonyl (C=O) groups is 1. The van der Waals surface area contributed by atoms with Crippen molar-refractivity contribution in [2.45, 2.75) is 29.1 Å². The molecule has 4 nitrogen and oxygen atoms in total. The summed E-state index contributed by atoms with van der Waals surface area (Å²) < 4.78 is 5.16. The summed E-state index contributed by atoms with van der Waals surface area (Å²) in [4.78, 5) is 12.9. The SMILES string of the molecule is COc1ccc(Sc2ccc(C(C)C#N)cc2)c(CC(=O)O)c1. The molecule has 0 aliphatic heterocycles. The first kappa shape index (κ1) is 16.9. The van der Waals surface area contributed by atoms with Crippen LogP contribution in [0.1, 0.15) is 24.0 Å². The van der Waals surface area contributed by atoms with Crippen LogP contribution < -0.4 is 4.74 Å². The van der Waals surface area contributed by atoms with Crippen molar-refractivity contribution in [1.29, 1.82) is 5.26 Å². The molecule has 0 fully saturated rings. The summed E-state index contributed by atoms with van der Waals surface area (Å²) in [5.41, 5.74) is 1.69. The van der Waals surface area contributed by atoms with Gasteiger partial charge in [-0.25, -0.2) is 0 Å². The van der Waals surface area contributed by atoms with Gasteiger partial charge >= 0.3 is 5.97 Å². The zero-order valence-corrected chi connectivity index (χ0v) is 13.8. The van der Waals surface area contributed by atoms with E-state index in [0.29, 0.717) is 5.75 Å². The smallest absolute Gasteiger partial charge is 0.307 e. The van der Waals surface area contributed by atoms with Gasteiger partial charge in [0.15, 0.2) is 0 Å². The highest BCUT2D eigenvalue weighted by molar-refractivity contribution is 7.99. The van der Waals surface area contributed by atoms with Crippen molar-refractivity contribution < 1.29 is 14.6 Å². The highest BCUT2D eigenvalue weighted by Gasteiger charge is 2.11. The molecule has 0 saturated carbocycles. The lowest BCUT2D eigenvalue weighted by Crippen LogP contribution is -2.02. The van der Waals surface area contributed by atoms with E-state index in [9.17, 15) is 4.79 Å². The Morgan fingerprint density at radius 1 is 1.30 bits per heavy atom. The molecule has 1 N–H and O–H groups in total. The molecule has 1 atom stereocenters. The summed E-state index contributed by atoms with van der Waals surface area (Å²) in [6.07, 6.45) is -0.0525. The summed E-state index contributed by atoms with van der Waals surface area (Å²) >= 11 is 1.50. The molecule has 0 aromatic heterocycles. The van der Waals surface area contributed by atoms with Crippen LogP contribution in [0.15, 0.2) is 52.3 Å². The van der Waals surface area contributed by atoms with Crippen molar-refractivity contribution in [3.63, 3.8) is 0 Å². The fourth-order valence-corrected chi connectivity index (χ4v) is 3.03. The molecule has 0 saturated heterocycles. The van der Waals surface area contributed by atoms with Crippen LogP contribution in [0.3, 0.4) is 0 Å². The minimum absolute atomic E-state index is 0.0525. The Morgan fingerprint density at radius 2 is 2.00 bits per heavy atom. The maximum absolute atomic E-state index is 11.0. The maximum atomic E-state index is 11.0. The Balaban J connectivity index is 2.25. The van der Waals surface area contributed by atoms with E-state index >= 15 is 0 Å². The minimum Gasteiger partial charge on any atom is -0.497 e. The maximum Gasteiger partial charge on any atom is 0.307 e. The van der Waals surface area contributed by atoms with Gasteiger partial charge in [0.2, 0.25) is 0 Å². The molecule has 2 aromatic rings. The molecule has 0 amide bonds. The van der Waals surface area contributed by atoms with Crippen LogP contribution in [0.4, 0.5) is 0 Å². The number of methoxy groups -OCH3 is 1. The average Bonchev–Trinajstić information content (AvgIpc) is 2.56. The number of benzene rings is 2. The molecule has 0 heterocycles. The van der Waals surface area contributed by atoms with E-state index in [4.69, 9.17) is 15.1 Å². The first-order valence-corrected chi connectivity index (χ1v) is 7.91. The monoisotopic (exact) mass is 327 g/mol. The van der Waals surface area contributed by atoms with Gasteiger partial charge in [-0.15, -0.1) is 0 Å². The predicted octanol–water partition coefficient (Wildman–Crippen LogP) is 4.10. The molecule has 1 unspecified atom stereocenters. The molecule has 5 heteroatoms. The molecule has 0 bridgehead atoms. The van der Waals surface area contributed by atoms with E-state index in [1.54, 1.807) is 13.2 Å². The number of hydrogen-bond donors (Lipinski definition) is 1. The fraction of sp³-hybridized carbons (Fsp3) is 0.222. The van der Waals surface area contributed by atoms with Gasteiger partial charge in [-0.2, -0.15) is 5.26 Å². The Labute approximate surface area is 139 Å². The Kier molecular flexibility index (Phi) is 5.67. The lowest BCUT2D eigenvalue weighted by atomic mass is 10.0. The van der Waals surface area contributed by atoms with Gasteiger partial charge in [0.05, 0.1) is 25.5 Å². The summed E-state index contributed by atoms with van der Waals surface area (Å²) in [7, 11) is 1.56. The van der Waals surface area contributed by atoms with Gasteiger partial charge in [-0.3, -0.25) is 4.79 Å². The molecule has 23 heavy (non-hydrogen) atoms. The van der Waals surface area contributed by atoms with E-state index in [2.05, 4.69) is 6.07 Å². The van der Waals surface area contributed by atoms with Crippen LogP contribution in [-0.4, -0.2) is 18.2 Å². The zero-order chi connectivity index (χ0) is 16.8. The number of nitriles is 1. The van der Waals surface area contributed by atoms with Crippen LogP contribution in [0.25, 0.3) is 0 Å². The predicted molar refractivity (Wildman–Crippen MR) is 88.9 cm³/mol. The topological polar surface area (TPSA) is 70.3 Å². The van der Waals surface area contributed by atoms with E-state index in [1.807, 2.05) is 43.3 Å². The molecule has 0 aliphatic rings. The number of aliphatic carboxylic acids is 1. The molecule has 0 aliphatic carbocycles. The molecule has 118 valence electrons. The zero-order valence-electron chi connectivity index (χ0n) is 12.9. The molecular formula is C18H17NO3S. The number of rotatable bonds is 6. The van der Waals surface area contributed by atoms with Crippen LogP contribution in [-0.2, 0) is 11.2 Å². The second-order valence-corrected chi connectivity index (χ2v) is 6.18. The van der Waals surface area contributed by atoms with E-state index in [1.165, 1.54) is 11.8 Å². The van der Waals surface area contributed by atoms with Crippen molar-refractivity contribution >= 4 is 17.7 Å². The highest BCUT2D eigenvalue weighted by atomic mass is 32.2. The first-order chi connectivity index (χ1) is 11.0. The number of hydrogen-bond acceptors (Lipinski definition) is 4. The third kappa shape index (κ3) is 4.51. The normalized spacial score (nSPS) is 11.5. The van der Waals surface area contributed by atoms with Gasteiger partial charge < -0.3 is 9.84 Å². The van der Waals surface area contributed by atoms with Gasteiger partial charge in [0, 0.05) is 9.79 Å². The number of carboxylic acid groups (broad SMARTS) is 1. The summed E-state index contributed by atoms with van der Waals surface area (Å²) in [5, 5.41) is 18.0. The van der Waals surface area contributed by atoms with Crippen LogP contribution in [0.5, 0.6) is 5.75 Å². The van der Waals surface area contributed by atoms with Crippen LogP contribution in [0, 0.1) is 11.3 Å². The third-order valence-electron chi connectivity index (χ3n) is 3.41. The number of carboxylic acids is 1. The third-order valence-corrected chi connectivity index (χ3v) is 4.54. The van der Waals surface area contributed by atoms with E-state index in [-0.39, 0.29) is 12.3 Å². The Morgan fingerprint density at radius 3 is 2.57 bits per heavy atom. The van der Waals surface area contributed by atoms with Crippen molar-refractivity contribution in [3.05, 3.63) is 53.6 Å². The minimum atomic E-state index is -0.877. The van der Waals surface area contributed by atoms with Gasteiger partial charge in [0.1, 0.15) is 5.75 Å². The fourth-order valence-electron chi connectivity index (χ4n) is 2.11. The highest BCUT2D eigenvalue weighted by Crippen LogP contribution is 2.33. The van der Waals surface area contributed by atoms with Crippen LogP contribution in [0.2, 0.25) is 0 Å². The van der Waals surface area contributed by atoms with Gasteiger partial charge in [-0.05, 0) is 48.4 Å². The Hall–Kier alpha value is -2.45. The lowest BCUT2D eigenvalue weighted by Gasteiger charge is -2.10. The Bertz CT molecular complexity index is 735. The summed E-state index contributed by atoms with van der Waals surface area (Å²) in [6.45, 7) is 1.86. The average molecular weight is 327 g/mol. The van der Waals surface area contributed by atoms with Crippen molar-refractivity contribution in [1.82, 2.24) is 0 Å². The van der Waals surface area contributed by atoms with Crippen molar-refractivity contribution in [3.8, 4) is 11.8 Å². The number of ether oxygens (including phenoxy) is 1. The molecule has 2 rings (SSSR count).